The second-order valence-corrected chi connectivity index (χ2v) is 6.02. The third kappa shape index (κ3) is 3.02. The highest BCUT2D eigenvalue weighted by atomic mass is 79.9. The quantitative estimate of drug-likeness (QED) is 0.801. The first kappa shape index (κ1) is 15.4. The normalized spacial score (nSPS) is 12.4. The lowest BCUT2D eigenvalue weighted by Gasteiger charge is -2.17. The van der Waals surface area contributed by atoms with E-state index in [4.69, 9.17) is 4.74 Å². The number of hydrogen-bond acceptors (Lipinski definition) is 3. The van der Waals surface area contributed by atoms with E-state index in [1.54, 1.807) is 14.2 Å². The Morgan fingerprint density at radius 3 is 2.75 bits per heavy atom. The number of thiophene rings is 1. The van der Waals surface area contributed by atoms with Gasteiger partial charge in [0.25, 0.3) is 0 Å². The number of rotatable bonds is 5. The average Bonchev–Trinajstić information content (AvgIpc) is 2.92. The molecule has 0 spiro atoms. The molecule has 20 heavy (non-hydrogen) atoms. The first-order chi connectivity index (χ1) is 9.58. The molecule has 1 N–H and O–H groups in total. The van der Waals surface area contributed by atoms with E-state index in [9.17, 15) is 8.78 Å². The fraction of sp³-hybridized carbons (Fsp3) is 0.286. The lowest BCUT2D eigenvalue weighted by atomic mass is 10.0. The van der Waals surface area contributed by atoms with Crippen LogP contribution in [0.25, 0.3) is 0 Å². The topological polar surface area (TPSA) is 21.3 Å². The van der Waals surface area contributed by atoms with E-state index in [1.165, 1.54) is 23.5 Å². The van der Waals surface area contributed by atoms with Crippen LogP contribution in [-0.2, 0) is 6.42 Å². The lowest BCUT2D eigenvalue weighted by molar-refractivity contribution is 0.404. The molecule has 0 aliphatic heterocycles. The first-order valence-electron chi connectivity index (χ1n) is 5.99. The van der Waals surface area contributed by atoms with E-state index < -0.39 is 11.6 Å². The van der Waals surface area contributed by atoms with Gasteiger partial charge in [0.2, 0.25) is 0 Å². The van der Waals surface area contributed by atoms with Crippen molar-refractivity contribution in [3.63, 3.8) is 0 Å². The molecular formula is C14H14BrF2NOS. The van der Waals surface area contributed by atoms with Gasteiger partial charge in [-0.3, -0.25) is 0 Å². The summed E-state index contributed by atoms with van der Waals surface area (Å²) in [6.45, 7) is 0. The van der Waals surface area contributed by atoms with Gasteiger partial charge in [-0.25, -0.2) is 8.78 Å². The van der Waals surface area contributed by atoms with Gasteiger partial charge in [0.05, 0.1) is 16.5 Å². The van der Waals surface area contributed by atoms with Gasteiger partial charge in [-0.1, -0.05) is 0 Å². The van der Waals surface area contributed by atoms with Crippen LogP contribution in [0.5, 0.6) is 5.75 Å². The molecule has 0 saturated heterocycles. The van der Waals surface area contributed by atoms with Crippen molar-refractivity contribution in [1.29, 1.82) is 0 Å². The van der Waals surface area contributed by atoms with Crippen LogP contribution >= 0.6 is 27.3 Å². The number of halogens is 3. The van der Waals surface area contributed by atoms with Crippen LogP contribution in [-0.4, -0.2) is 14.2 Å². The number of ether oxygens (including phenoxy) is 1. The van der Waals surface area contributed by atoms with Crippen LogP contribution in [0.3, 0.4) is 0 Å². The van der Waals surface area contributed by atoms with Crippen LogP contribution in [0.15, 0.2) is 28.1 Å². The molecule has 0 amide bonds. The third-order valence-corrected chi connectivity index (χ3v) is 4.71. The van der Waals surface area contributed by atoms with E-state index >= 15 is 0 Å². The Kier molecular flexibility index (Phi) is 5.12. The molecule has 0 saturated carbocycles. The molecule has 2 rings (SSSR count). The van der Waals surface area contributed by atoms with Gasteiger partial charge >= 0.3 is 0 Å². The van der Waals surface area contributed by atoms with Crippen molar-refractivity contribution in [2.75, 3.05) is 14.2 Å². The summed E-state index contributed by atoms with van der Waals surface area (Å²) < 4.78 is 33.4. The fourth-order valence-corrected chi connectivity index (χ4v) is 3.36. The number of benzene rings is 1. The van der Waals surface area contributed by atoms with Gasteiger partial charge in [0.1, 0.15) is 17.4 Å². The van der Waals surface area contributed by atoms with E-state index in [0.29, 0.717) is 0 Å². The monoisotopic (exact) mass is 361 g/mol. The van der Waals surface area contributed by atoms with Crippen molar-refractivity contribution in [3.05, 3.63) is 50.1 Å². The molecule has 2 aromatic rings. The van der Waals surface area contributed by atoms with Crippen LogP contribution in [0.4, 0.5) is 8.78 Å². The Balaban J connectivity index is 2.34. The lowest BCUT2D eigenvalue weighted by Crippen LogP contribution is -2.19. The predicted octanol–water partition coefficient (Wildman–Crippen LogP) is 4.30. The smallest absolute Gasteiger partial charge is 0.143 e. The molecule has 1 aromatic heterocycles. The maximum atomic E-state index is 14.0. The maximum Gasteiger partial charge on any atom is 0.143 e. The highest BCUT2D eigenvalue weighted by Crippen LogP contribution is 2.34. The van der Waals surface area contributed by atoms with E-state index in [1.807, 2.05) is 11.4 Å². The Morgan fingerprint density at radius 2 is 2.10 bits per heavy atom. The van der Waals surface area contributed by atoms with Crippen molar-refractivity contribution in [1.82, 2.24) is 5.32 Å². The molecule has 0 aliphatic rings. The predicted molar refractivity (Wildman–Crippen MR) is 80.4 cm³/mol. The number of methoxy groups -OCH3 is 1. The van der Waals surface area contributed by atoms with E-state index in [2.05, 4.69) is 21.2 Å². The average molecular weight is 362 g/mol. The van der Waals surface area contributed by atoms with Crippen molar-refractivity contribution in [2.24, 2.45) is 0 Å². The Labute approximate surface area is 128 Å². The van der Waals surface area contributed by atoms with Gasteiger partial charge in [-0.15, -0.1) is 11.3 Å². The van der Waals surface area contributed by atoms with Crippen LogP contribution in [0, 0.1) is 11.6 Å². The summed E-state index contributed by atoms with van der Waals surface area (Å²) in [4.78, 5) is 0.925. The van der Waals surface area contributed by atoms with E-state index in [0.717, 1.165) is 10.6 Å². The molecule has 108 valence electrons. The van der Waals surface area contributed by atoms with Crippen LogP contribution in [0.1, 0.15) is 16.5 Å². The molecular weight excluding hydrogens is 348 g/mol. The SMILES string of the molecule is CNC(Cc1c(F)ccc(Br)c1F)c1sccc1OC. The standard InChI is InChI=1S/C14H14BrF2NOS/c1-18-11(14-12(19-2)5-6-20-14)7-8-10(16)4-3-9(15)13(8)17/h3-6,11,18H,7H2,1-2H3. The highest BCUT2D eigenvalue weighted by molar-refractivity contribution is 9.10. The molecule has 6 heteroatoms. The Hall–Kier alpha value is -0.980. The van der Waals surface area contributed by atoms with Gasteiger partial charge < -0.3 is 10.1 Å². The summed E-state index contributed by atoms with van der Waals surface area (Å²) in [6, 6.07) is 4.27. The maximum absolute atomic E-state index is 14.0. The fourth-order valence-electron chi connectivity index (χ4n) is 2.02. The van der Waals surface area contributed by atoms with Crippen molar-refractivity contribution >= 4 is 27.3 Å². The van der Waals surface area contributed by atoms with E-state index in [-0.39, 0.29) is 22.5 Å². The van der Waals surface area contributed by atoms with Gasteiger partial charge in [-0.05, 0) is 53.0 Å². The van der Waals surface area contributed by atoms with Crippen molar-refractivity contribution in [2.45, 2.75) is 12.5 Å². The summed E-state index contributed by atoms with van der Waals surface area (Å²) in [7, 11) is 3.34. The largest absolute Gasteiger partial charge is 0.496 e. The summed E-state index contributed by atoms with van der Waals surface area (Å²) in [5.74, 6) is -0.368. The number of hydrogen-bond donors (Lipinski definition) is 1. The highest BCUT2D eigenvalue weighted by Gasteiger charge is 2.21. The number of nitrogens with one attached hydrogen (secondary N) is 1. The second kappa shape index (κ2) is 6.65. The molecule has 1 heterocycles. The molecule has 0 fully saturated rings. The molecule has 0 bridgehead atoms. The van der Waals surface area contributed by atoms with Crippen LogP contribution < -0.4 is 10.1 Å². The zero-order chi connectivity index (χ0) is 14.7. The Morgan fingerprint density at radius 1 is 1.35 bits per heavy atom. The molecule has 1 atom stereocenters. The molecule has 1 unspecified atom stereocenters. The molecule has 0 aliphatic carbocycles. The zero-order valence-electron chi connectivity index (χ0n) is 11.0. The molecule has 0 radical (unpaired) electrons. The third-order valence-electron chi connectivity index (χ3n) is 3.09. The zero-order valence-corrected chi connectivity index (χ0v) is 13.4. The minimum Gasteiger partial charge on any atom is -0.496 e. The van der Waals surface area contributed by atoms with Gasteiger partial charge in [0.15, 0.2) is 0 Å². The molecule has 2 nitrogen and oxygen atoms in total. The summed E-state index contributed by atoms with van der Waals surface area (Å²) in [5.41, 5.74) is 0.0641. The van der Waals surface area contributed by atoms with Crippen LogP contribution in [0.2, 0.25) is 0 Å². The van der Waals surface area contributed by atoms with Crippen molar-refractivity contribution in [3.8, 4) is 5.75 Å². The number of likely N-dealkylation sites (N-methyl/N-ethyl adjacent to an activating group) is 1. The van der Waals surface area contributed by atoms with Gasteiger partial charge in [-0.2, -0.15) is 0 Å². The first-order valence-corrected chi connectivity index (χ1v) is 7.66. The summed E-state index contributed by atoms with van der Waals surface area (Å²) in [6.07, 6.45) is 0.213. The van der Waals surface area contributed by atoms with Gasteiger partial charge in [0, 0.05) is 11.6 Å². The summed E-state index contributed by atoms with van der Waals surface area (Å²) >= 11 is 4.58. The molecule has 1 aromatic carbocycles. The minimum atomic E-state index is -0.555. The second-order valence-electron chi connectivity index (χ2n) is 4.22. The minimum absolute atomic E-state index is 0.0641. The summed E-state index contributed by atoms with van der Waals surface area (Å²) in [5, 5.41) is 4.98. The van der Waals surface area contributed by atoms with Crippen molar-refractivity contribution < 1.29 is 13.5 Å². The Bertz CT molecular complexity index is 603.